The Balaban J connectivity index is 2.20. The van der Waals surface area contributed by atoms with Crippen molar-refractivity contribution in [1.82, 2.24) is 5.32 Å². The van der Waals surface area contributed by atoms with E-state index in [2.05, 4.69) is 5.32 Å². The maximum atomic E-state index is 12.7. The van der Waals surface area contributed by atoms with E-state index in [1.165, 1.54) is 0 Å². The van der Waals surface area contributed by atoms with Gasteiger partial charge in [0.1, 0.15) is 0 Å². The molecule has 1 amide bonds. The van der Waals surface area contributed by atoms with E-state index in [4.69, 9.17) is 16.7 Å². The highest BCUT2D eigenvalue weighted by atomic mass is 35.5. The first-order valence-corrected chi connectivity index (χ1v) is 8.21. The number of benzene rings is 2. The van der Waals surface area contributed by atoms with Gasteiger partial charge in [-0.15, -0.1) is 0 Å². The Morgan fingerprint density at radius 1 is 1.04 bits per heavy atom. The van der Waals surface area contributed by atoms with Crippen LogP contribution in [-0.4, -0.2) is 17.0 Å². The highest BCUT2D eigenvalue weighted by molar-refractivity contribution is 6.30. The van der Waals surface area contributed by atoms with E-state index in [-0.39, 0.29) is 18.2 Å². The number of hydrogen-bond acceptors (Lipinski definition) is 2. The van der Waals surface area contributed by atoms with E-state index in [0.29, 0.717) is 11.4 Å². The molecular weight excluding hydrogens is 326 g/mol. The van der Waals surface area contributed by atoms with Crippen molar-refractivity contribution in [1.29, 1.82) is 0 Å². The summed E-state index contributed by atoms with van der Waals surface area (Å²) in [7, 11) is 0. The van der Waals surface area contributed by atoms with E-state index in [9.17, 15) is 9.59 Å². The summed E-state index contributed by atoms with van der Waals surface area (Å²) in [6, 6.07) is 15.7. The predicted octanol–water partition coefficient (Wildman–Crippen LogP) is 4.17. The zero-order chi connectivity index (χ0) is 17.5. The fourth-order valence-electron chi connectivity index (χ4n) is 2.65. The van der Waals surface area contributed by atoms with E-state index in [1.54, 1.807) is 24.3 Å². The number of rotatable bonds is 7. The fourth-order valence-corrected chi connectivity index (χ4v) is 2.78. The third kappa shape index (κ3) is 4.83. The molecule has 0 aliphatic heterocycles. The van der Waals surface area contributed by atoms with Gasteiger partial charge >= 0.3 is 5.97 Å². The van der Waals surface area contributed by atoms with Crippen LogP contribution in [-0.2, 0) is 9.59 Å². The first-order chi connectivity index (χ1) is 11.5. The smallest absolute Gasteiger partial charge is 0.305 e. The summed E-state index contributed by atoms with van der Waals surface area (Å²) < 4.78 is 0. The number of halogens is 1. The summed E-state index contributed by atoms with van der Waals surface area (Å²) in [6.07, 6.45) is 0.453. The molecule has 0 aliphatic carbocycles. The lowest BCUT2D eigenvalue weighted by Gasteiger charge is -2.22. The van der Waals surface area contributed by atoms with Crippen LogP contribution in [0.15, 0.2) is 54.6 Å². The maximum absolute atomic E-state index is 12.7. The molecule has 0 saturated carbocycles. The minimum absolute atomic E-state index is 0.176. The first kappa shape index (κ1) is 18.0. The topological polar surface area (TPSA) is 66.4 Å². The average molecular weight is 346 g/mol. The number of hydrogen-bond donors (Lipinski definition) is 2. The molecule has 0 saturated heterocycles. The molecule has 0 bridgehead atoms. The van der Waals surface area contributed by atoms with Crippen LogP contribution in [0.3, 0.4) is 0 Å². The Kier molecular flexibility index (Phi) is 6.38. The summed E-state index contributed by atoms with van der Waals surface area (Å²) in [5.41, 5.74) is 1.64. The van der Waals surface area contributed by atoms with Crippen molar-refractivity contribution < 1.29 is 14.7 Å². The minimum atomic E-state index is -0.969. The van der Waals surface area contributed by atoms with E-state index in [1.807, 2.05) is 37.3 Å². The van der Waals surface area contributed by atoms with Gasteiger partial charge in [0, 0.05) is 5.02 Å². The Bertz CT molecular complexity index is 686. The maximum Gasteiger partial charge on any atom is 0.305 e. The number of carboxylic acids is 1. The SMILES string of the molecule is CC[C@@H](C(=O)N[C@@H](CC(=O)O)c1ccc(Cl)cc1)c1ccccc1. The Labute approximate surface area is 146 Å². The van der Waals surface area contributed by atoms with Gasteiger partial charge in [0.2, 0.25) is 5.91 Å². The highest BCUT2D eigenvalue weighted by Gasteiger charge is 2.24. The molecule has 24 heavy (non-hydrogen) atoms. The third-order valence-corrected chi connectivity index (χ3v) is 4.15. The summed E-state index contributed by atoms with van der Waals surface area (Å²) in [4.78, 5) is 23.8. The molecule has 0 aromatic heterocycles. The quantitative estimate of drug-likeness (QED) is 0.791. The lowest BCUT2D eigenvalue weighted by molar-refractivity contribution is -0.137. The number of aliphatic carboxylic acids is 1. The number of carbonyl (C=O) groups is 2. The number of carbonyl (C=O) groups excluding carboxylic acids is 1. The molecule has 0 heterocycles. The van der Waals surface area contributed by atoms with Gasteiger partial charge in [0.15, 0.2) is 0 Å². The Morgan fingerprint density at radius 2 is 1.67 bits per heavy atom. The van der Waals surface area contributed by atoms with Crippen LogP contribution in [0, 0.1) is 0 Å². The number of nitrogens with one attached hydrogen (secondary N) is 1. The van der Waals surface area contributed by atoms with Crippen molar-refractivity contribution in [3.05, 3.63) is 70.7 Å². The molecule has 0 fully saturated rings. The molecule has 4 nitrogen and oxygen atoms in total. The van der Waals surface area contributed by atoms with Gasteiger partial charge in [0.25, 0.3) is 0 Å². The largest absolute Gasteiger partial charge is 0.481 e. The lowest BCUT2D eigenvalue weighted by atomic mass is 9.94. The van der Waals surface area contributed by atoms with Crippen LogP contribution in [0.2, 0.25) is 5.02 Å². The van der Waals surface area contributed by atoms with Gasteiger partial charge in [-0.1, -0.05) is 61.0 Å². The van der Waals surface area contributed by atoms with Crippen molar-refractivity contribution in [2.45, 2.75) is 31.7 Å². The molecular formula is C19H20ClNO3. The van der Waals surface area contributed by atoms with E-state index in [0.717, 1.165) is 11.1 Å². The van der Waals surface area contributed by atoms with Crippen LogP contribution in [0.1, 0.15) is 42.9 Å². The van der Waals surface area contributed by atoms with Crippen molar-refractivity contribution >= 4 is 23.5 Å². The van der Waals surface area contributed by atoms with Crippen LogP contribution in [0.4, 0.5) is 0 Å². The Hall–Kier alpha value is -2.33. The summed E-state index contributed by atoms with van der Waals surface area (Å²) >= 11 is 5.88. The molecule has 0 aliphatic rings. The standard InChI is InChI=1S/C19H20ClNO3/c1-2-16(13-6-4-3-5-7-13)19(24)21-17(12-18(22)23)14-8-10-15(20)11-9-14/h3-11,16-17H,2,12H2,1H3,(H,21,24)(H,22,23)/t16-,17+/m1/s1. The second-order valence-electron chi connectivity index (χ2n) is 5.58. The van der Waals surface area contributed by atoms with Crippen molar-refractivity contribution in [3.63, 3.8) is 0 Å². The predicted molar refractivity (Wildman–Crippen MR) is 94.1 cm³/mol. The van der Waals surface area contributed by atoms with Crippen molar-refractivity contribution in [3.8, 4) is 0 Å². The van der Waals surface area contributed by atoms with Gasteiger partial charge < -0.3 is 10.4 Å². The van der Waals surface area contributed by atoms with Crippen LogP contribution < -0.4 is 5.32 Å². The molecule has 0 spiro atoms. The summed E-state index contributed by atoms with van der Waals surface area (Å²) in [5.74, 6) is -1.46. The monoisotopic (exact) mass is 345 g/mol. The average Bonchev–Trinajstić information content (AvgIpc) is 2.56. The zero-order valence-electron chi connectivity index (χ0n) is 13.4. The molecule has 126 valence electrons. The van der Waals surface area contributed by atoms with Gasteiger partial charge in [-0.2, -0.15) is 0 Å². The van der Waals surface area contributed by atoms with Crippen LogP contribution in [0.25, 0.3) is 0 Å². The normalized spacial score (nSPS) is 13.1. The Morgan fingerprint density at radius 3 is 2.21 bits per heavy atom. The van der Waals surface area contributed by atoms with Gasteiger partial charge in [0.05, 0.1) is 18.4 Å². The minimum Gasteiger partial charge on any atom is -0.481 e. The van der Waals surface area contributed by atoms with Crippen LogP contribution in [0.5, 0.6) is 0 Å². The summed E-state index contributed by atoms with van der Waals surface area (Å²) in [6.45, 7) is 1.94. The highest BCUT2D eigenvalue weighted by Crippen LogP contribution is 2.24. The zero-order valence-corrected chi connectivity index (χ0v) is 14.2. The van der Waals surface area contributed by atoms with E-state index < -0.39 is 12.0 Å². The number of carboxylic acid groups (broad SMARTS) is 1. The second kappa shape index (κ2) is 8.50. The van der Waals surface area contributed by atoms with Gasteiger partial charge in [-0.25, -0.2) is 0 Å². The molecule has 2 N–H and O–H groups in total. The second-order valence-corrected chi connectivity index (χ2v) is 6.02. The molecule has 0 radical (unpaired) electrons. The summed E-state index contributed by atoms with van der Waals surface area (Å²) in [5, 5.41) is 12.6. The molecule has 0 unspecified atom stereocenters. The van der Waals surface area contributed by atoms with Gasteiger partial charge in [-0.05, 0) is 29.7 Å². The fraction of sp³-hybridized carbons (Fsp3) is 0.263. The molecule has 2 aromatic rings. The molecule has 2 atom stereocenters. The van der Waals surface area contributed by atoms with Crippen LogP contribution >= 0.6 is 11.6 Å². The molecule has 2 aromatic carbocycles. The molecule has 2 rings (SSSR count). The first-order valence-electron chi connectivity index (χ1n) is 7.83. The van der Waals surface area contributed by atoms with E-state index >= 15 is 0 Å². The third-order valence-electron chi connectivity index (χ3n) is 3.89. The van der Waals surface area contributed by atoms with Crippen molar-refractivity contribution in [2.24, 2.45) is 0 Å². The number of amides is 1. The molecule has 5 heteroatoms. The van der Waals surface area contributed by atoms with Crippen molar-refractivity contribution in [2.75, 3.05) is 0 Å². The lowest BCUT2D eigenvalue weighted by Crippen LogP contribution is -2.34. The van der Waals surface area contributed by atoms with Gasteiger partial charge in [-0.3, -0.25) is 9.59 Å².